The second kappa shape index (κ2) is 9.08. The largest absolute Gasteiger partial charge is 0.355 e. The molecule has 0 bridgehead atoms. The highest BCUT2D eigenvalue weighted by atomic mass is 19.1. The van der Waals surface area contributed by atoms with E-state index in [0.29, 0.717) is 17.7 Å². The van der Waals surface area contributed by atoms with Crippen LogP contribution in [-0.4, -0.2) is 29.3 Å². The Morgan fingerprint density at radius 1 is 1.08 bits per heavy atom. The van der Waals surface area contributed by atoms with Gasteiger partial charge in [0.05, 0.1) is 6.42 Å². The van der Waals surface area contributed by atoms with Gasteiger partial charge >= 0.3 is 0 Å². The molecule has 0 aromatic heterocycles. The number of likely N-dealkylation sites (N-methyl/N-ethyl adjacent to an activating group) is 1. The van der Waals surface area contributed by atoms with Crippen LogP contribution in [0.15, 0.2) is 48.5 Å². The van der Waals surface area contributed by atoms with E-state index in [1.54, 1.807) is 32.0 Å². The molecule has 0 saturated carbocycles. The van der Waals surface area contributed by atoms with E-state index in [4.69, 9.17) is 0 Å². The number of halogens is 2. The van der Waals surface area contributed by atoms with Crippen molar-refractivity contribution in [3.05, 3.63) is 71.3 Å². The standard InChI is InChI=1S/C20H22F2N2O2/c1-3-23-20(26)14(2)24(13-16-6-4-5-7-18(16)22)19(25)12-15-8-10-17(21)11-9-15/h4-11,14H,3,12-13H2,1-2H3,(H,23,26)/t14-/m1/s1. The lowest BCUT2D eigenvalue weighted by atomic mass is 10.1. The molecule has 1 atom stereocenters. The van der Waals surface area contributed by atoms with Gasteiger partial charge in [-0.1, -0.05) is 30.3 Å². The second-order valence-electron chi connectivity index (χ2n) is 5.99. The predicted molar refractivity (Wildman–Crippen MR) is 95.2 cm³/mol. The van der Waals surface area contributed by atoms with E-state index in [0.717, 1.165) is 0 Å². The van der Waals surface area contributed by atoms with Crippen LogP contribution in [0.2, 0.25) is 0 Å². The zero-order chi connectivity index (χ0) is 19.1. The summed E-state index contributed by atoms with van der Waals surface area (Å²) in [5, 5.41) is 2.68. The molecule has 0 aliphatic heterocycles. The van der Waals surface area contributed by atoms with E-state index < -0.39 is 11.9 Å². The van der Waals surface area contributed by atoms with Crippen LogP contribution < -0.4 is 5.32 Å². The van der Waals surface area contributed by atoms with Crippen molar-refractivity contribution in [2.24, 2.45) is 0 Å². The van der Waals surface area contributed by atoms with Crippen molar-refractivity contribution in [1.82, 2.24) is 10.2 Å². The van der Waals surface area contributed by atoms with E-state index >= 15 is 0 Å². The Hall–Kier alpha value is -2.76. The van der Waals surface area contributed by atoms with E-state index in [1.807, 2.05) is 0 Å². The summed E-state index contributed by atoms with van der Waals surface area (Å²) < 4.78 is 27.1. The minimum atomic E-state index is -0.762. The third-order valence-electron chi connectivity index (χ3n) is 4.09. The van der Waals surface area contributed by atoms with Gasteiger partial charge in [-0.25, -0.2) is 8.78 Å². The third-order valence-corrected chi connectivity index (χ3v) is 4.09. The molecule has 0 heterocycles. The smallest absolute Gasteiger partial charge is 0.242 e. The molecular weight excluding hydrogens is 338 g/mol. The molecule has 2 rings (SSSR count). The topological polar surface area (TPSA) is 49.4 Å². The summed E-state index contributed by atoms with van der Waals surface area (Å²) in [7, 11) is 0. The average molecular weight is 360 g/mol. The maximum atomic E-state index is 14.0. The summed E-state index contributed by atoms with van der Waals surface area (Å²) in [6.45, 7) is 3.80. The lowest BCUT2D eigenvalue weighted by molar-refractivity contribution is -0.140. The molecule has 138 valence electrons. The molecule has 0 saturated heterocycles. The monoisotopic (exact) mass is 360 g/mol. The van der Waals surface area contributed by atoms with Crippen molar-refractivity contribution >= 4 is 11.8 Å². The molecule has 0 unspecified atom stereocenters. The Morgan fingerprint density at radius 2 is 1.73 bits per heavy atom. The quantitative estimate of drug-likeness (QED) is 0.825. The molecule has 0 radical (unpaired) electrons. The van der Waals surface area contributed by atoms with Crippen molar-refractivity contribution in [2.45, 2.75) is 32.9 Å². The van der Waals surface area contributed by atoms with Gasteiger partial charge in [-0.3, -0.25) is 9.59 Å². The fraction of sp³-hybridized carbons (Fsp3) is 0.300. The van der Waals surface area contributed by atoms with Gasteiger partial charge in [0.2, 0.25) is 11.8 Å². The van der Waals surface area contributed by atoms with Gasteiger partial charge in [0.15, 0.2) is 0 Å². The van der Waals surface area contributed by atoms with Crippen LogP contribution in [-0.2, 0) is 22.6 Å². The van der Waals surface area contributed by atoms with Crippen molar-refractivity contribution in [1.29, 1.82) is 0 Å². The van der Waals surface area contributed by atoms with E-state index in [9.17, 15) is 18.4 Å². The lowest BCUT2D eigenvalue weighted by Crippen LogP contribution is -2.48. The molecule has 1 N–H and O–H groups in total. The van der Waals surface area contributed by atoms with Crippen molar-refractivity contribution in [3.8, 4) is 0 Å². The first-order chi connectivity index (χ1) is 12.4. The minimum absolute atomic E-state index is 0.00151. The summed E-state index contributed by atoms with van der Waals surface area (Å²) in [6.07, 6.45) is -0.00151. The Labute approximate surface area is 151 Å². The molecule has 0 aliphatic rings. The van der Waals surface area contributed by atoms with Crippen LogP contribution in [0.4, 0.5) is 8.78 Å². The van der Waals surface area contributed by atoms with Crippen LogP contribution >= 0.6 is 0 Å². The number of nitrogens with zero attached hydrogens (tertiary/aromatic N) is 1. The van der Waals surface area contributed by atoms with Crippen molar-refractivity contribution in [2.75, 3.05) is 6.54 Å². The maximum Gasteiger partial charge on any atom is 0.242 e. The second-order valence-corrected chi connectivity index (χ2v) is 5.99. The first kappa shape index (κ1) is 19.6. The summed E-state index contributed by atoms with van der Waals surface area (Å²) in [6, 6.07) is 11.0. The molecule has 6 heteroatoms. The van der Waals surface area contributed by atoms with Crippen LogP contribution in [0.5, 0.6) is 0 Å². The Bertz CT molecular complexity index is 763. The van der Waals surface area contributed by atoms with Crippen molar-refractivity contribution < 1.29 is 18.4 Å². The minimum Gasteiger partial charge on any atom is -0.355 e. The fourth-order valence-electron chi connectivity index (χ4n) is 2.59. The summed E-state index contributed by atoms with van der Waals surface area (Å²) in [4.78, 5) is 26.3. The molecule has 2 amide bonds. The SMILES string of the molecule is CCNC(=O)[C@@H](C)N(Cc1ccccc1F)C(=O)Cc1ccc(F)cc1. The molecular formula is C20H22F2N2O2. The molecule has 4 nitrogen and oxygen atoms in total. The van der Waals surface area contributed by atoms with Crippen LogP contribution in [0.1, 0.15) is 25.0 Å². The zero-order valence-corrected chi connectivity index (χ0v) is 14.8. The number of hydrogen-bond acceptors (Lipinski definition) is 2. The summed E-state index contributed by atoms with van der Waals surface area (Å²) in [5.41, 5.74) is 0.953. The van der Waals surface area contributed by atoms with Crippen molar-refractivity contribution in [3.63, 3.8) is 0 Å². The van der Waals surface area contributed by atoms with Gasteiger partial charge in [0.25, 0.3) is 0 Å². The van der Waals surface area contributed by atoms with Gasteiger partial charge in [-0.15, -0.1) is 0 Å². The van der Waals surface area contributed by atoms with Crippen LogP contribution in [0.25, 0.3) is 0 Å². The summed E-state index contributed by atoms with van der Waals surface area (Å²) in [5.74, 6) is -1.47. The van der Waals surface area contributed by atoms with Gasteiger partial charge in [0.1, 0.15) is 17.7 Å². The van der Waals surface area contributed by atoms with E-state index in [1.165, 1.54) is 35.2 Å². The lowest BCUT2D eigenvalue weighted by Gasteiger charge is -2.29. The molecule has 0 fully saturated rings. The number of carbonyl (C=O) groups is 2. The molecule has 2 aromatic carbocycles. The number of carbonyl (C=O) groups excluding carboxylic acids is 2. The molecule has 2 aromatic rings. The summed E-state index contributed by atoms with van der Waals surface area (Å²) >= 11 is 0. The highest BCUT2D eigenvalue weighted by Crippen LogP contribution is 2.15. The Kier molecular flexibility index (Phi) is 6.83. The zero-order valence-electron chi connectivity index (χ0n) is 14.8. The molecule has 0 spiro atoms. The van der Waals surface area contributed by atoms with Gasteiger partial charge in [-0.05, 0) is 37.6 Å². The van der Waals surface area contributed by atoms with Gasteiger partial charge in [0, 0.05) is 18.7 Å². The molecule has 26 heavy (non-hydrogen) atoms. The predicted octanol–water partition coefficient (Wildman–Crippen LogP) is 3.06. The number of rotatable bonds is 7. The molecule has 0 aliphatic carbocycles. The number of benzene rings is 2. The highest BCUT2D eigenvalue weighted by Gasteiger charge is 2.26. The Balaban J connectivity index is 2.23. The number of hydrogen-bond donors (Lipinski definition) is 1. The maximum absolute atomic E-state index is 14.0. The van der Waals surface area contributed by atoms with E-state index in [-0.39, 0.29) is 30.6 Å². The normalized spacial score (nSPS) is 11.7. The first-order valence-electron chi connectivity index (χ1n) is 8.47. The van der Waals surface area contributed by atoms with Crippen LogP contribution in [0, 0.1) is 11.6 Å². The third kappa shape index (κ3) is 5.12. The Morgan fingerprint density at radius 3 is 2.35 bits per heavy atom. The van der Waals surface area contributed by atoms with Gasteiger partial charge in [-0.2, -0.15) is 0 Å². The fourth-order valence-corrected chi connectivity index (χ4v) is 2.59. The van der Waals surface area contributed by atoms with E-state index in [2.05, 4.69) is 5.32 Å². The van der Waals surface area contributed by atoms with Gasteiger partial charge < -0.3 is 10.2 Å². The average Bonchev–Trinajstić information content (AvgIpc) is 2.62. The first-order valence-corrected chi connectivity index (χ1v) is 8.47. The van der Waals surface area contributed by atoms with Crippen LogP contribution in [0.3, 0.4) is 0 Å². The highest BCUT2D eigenvalue weighted by molar-refractivity contribution is 5.88. The number of nitrogens with one attached hydrogen (secondary N) is 1. The number of amides is 2.